The van der Waals surface area contributed by atoms with Gasteiger partial charge in [0.1, 0.15) is 6.61 Å². The van der Waals surface area contributed by atoms with E-state index >= 15 is 0 Å². The van der Waals surface area contributed by atoms with Crippen molar-refractivity contribution in [1.29, 1.82) is 0 Å². The minimum absolute atomic E-state index is 0.331. The largest absolute Gasteiger partial charge is 0.493 e. The van der Waals surface area contributed by atoms with Gasteiger partial charge in [-0.3, -0.25) is 0 Å². The van der Waals surface area contributed by atoms with E-state index in [-0.39, 0.29) is 5.97 Å². The average molecular weight is 381 g/mol. The van der Waals surface area contributed by atoms with Gasteiger partial charge < -0.3 is 24.0 Å². The first-order valence-corrected chi connectivity index (χ1v) is 10.0. The molecule has 0 spiro atoms. The van der Waals surface area contributed by atoms with Crippen molar-refractivity contribution in [2.45, 2.75) is 34.1 Å². The summed E-state index contributed by atoms with van der Waals surface area (Å²) in [5.41, 5.74) is 0.478. The second-order valence-electron chi connectivity index (χ2n) is 6.26. The first-order chi connectivity index (χ1) is 13.1. The van der Waals surface area contributed by atoms with Crippen molar-refractivity contribution in [2.24, 2.45) is 0 Å². The van der Waals surface area contributed by atoms with Crippen LogP contribution in [-0.4, -0.2) is 75.4 Å². The van der Waals surface area contributed by atoms with Gasteiger partial charge in [-0.1, -0.05) is 27.7 Å². The molecule has 0 aliphatic heterocycles. The van der Waals surface area contributed by atoms with Gasteiger partial charge >= 0.3 is 5.97 Å². The molecule has 27 heavy (non-hydrogen) atoms. The Balaban J connectivity index is 2.53. The lowest BCUT2D eigenvalue weighted by molar-refractivity contribution is 0.0489. The summed E-state index contributed by atoms with van der Waals surface area (Å²) in [5.74, 6) is 0.859. The molecule has 0 saturated heterocycles. The van der Waals surface area contributed by atoms with Crippen molar-refractivity contribution >= 4 is 5.97 Å². The summed E-state index contributed by atoms with van der Waals surface area (Å²) in [5, 5.41) is 0. The fraction of sp³-hybridized carbons (Fsp3) is 0.667. The van der Waals surface area contributed by atoms with Gasteiger partial charge in [-0.15, -0.1) is 0 Å². The Morgan fingerprint density at radius 2 is 1.52 bits per heavy atom. The van der Waals surface area contributed by atoms with Crippen LogP contribution in [0.3, 0.4) is 0 Å². The molecular weight excluding hydrogens is 344 g/mol. The number of hydrogen-bond donors (Lipinski definition) is 0. The first kappa shape index (κ1) is 23.2. The summed E-state index contributed by atoms with van der Waals surface area (Å²) in [7, 11) is 1.58. The van der Waals surface area contributed by atoms with E-state index in [1.54, 1.807) is 25.3 Å². The van der Waals surface area contributed by atoms with E-state index in [4.69, 9.17) is 14.2 Å². The third kappa shape index (κ3) is 8.18. The van der Waals surface area contributed by atoms with E-state index in [0.29, 0.717) is 30.3 Å². The van der Waals surface area contributed by atoms with Gasteiger partial charge in [0.25, 0.3) is 0 Å². The predicted molar refractivity (Wildman–Crippen MR) is 109 cm³/mol. The van der Waals surface area contributed by atoms with Crippen molar-refractivity contribution < 1.29 is 19.0 Å². The second kappa shape index (κ2) is 13.4. The maximum absolute atomic E-state index is 12.3. The minimum Gasteiger partial charge on any atom is -0.493 e. The smallest absolute Gasteiger partial charge is 0.338 e. The van der Waals surface area contributed by atoms with Crippen LogP contribution in [-0.2, 0) is 4.74 Å². The molecule has 0 heterocycles. The summed E-state index contributed by atoms with van der Waals surface area (Å²) in [4.78, 5) is 16.8. The maximum Gasteiger partial charge on any atom is 0.338 e. The fourth-order valence-electron chi connectivity index (χ4n) is 2.81. The Kier molecular flexibility index (Phi) is 11.5. The zero-order valence-electron chi connectivity index (χ0n) is 17.6. The molecule has 0 unspecified atom stereocenters. The lowest BCUT2D eigenvalue weighted by Gasteiger charge is -2.19. The number of nitrogens with zero attached hydrogens (tertiary/aromatic N) is 2. The number of hydrogen-bond acceptors (Lipinski definition) is 6. The predicted octanol–water partition coefficient (Wildman–Crippen LogP) is 3.30. The number of rotatable bonds is 14. The molecule has 0 aliphatic carbocycles. The molecule has 0 aliphatic rings. The number of likely N-dealkylation sites (N-methyl/N-ethyl adjacent to an activating group) is 1. The van der Waals surface area contributed by atoms with Crippen molar-refractivity contribution in [3.63, 3.8) is 0 Å². The molecule has 0 fully saturated rings. The van der Waals surface area contributed by atoms with Crippen molar-refractivity contribution in [3.8, 4) is 11.5 Å². The maximum atomic E-state index is 12.3. The summed E-state index contributed by atoms with van der Waals surface area (Å²) < 4.78 is 16.6. The molecule has 0 saturated carbocycles. The highest BCUT2D eigenvalue weighted by molar-refractivity contribution is 5.90. The Morgan fingerprint density at radius 1 is 0.889 bits per heavy atom. The van der Waals surface area contributed by atoms with Crippen LogP contribution in [0.2, 0.25) is 0 Å². The molecule has 0 amide bonds. The summed E-state index contributed by atoms with van der Waals surface area (Å²) in [6, 6.07) is 5.18. The van der Waals surface area contributed by atoms with Gasteiger partial charge in [0.05, 0.1) is 19.3 Å². The van der Waals surface area contributed by atoms with Gasteiger partial charge in [0.15, 0.2) is 11.5 Å². The van der Waals surface area contributed by atoms with Crippen LogP contribution in [0, 0.1) is 0 Å². The third-order valence-electron chi connectivity index (χ3n) is 4.71. The van der Waals surface area contributed by atoms with Gasteiger partial charge in [-0.25, -0.2) is 4.79 Å². The first-order valence-electron chi connectivity index (χ1n) is 10.0. The Hall–Kier alpha value is -1.79. The van der Waals surface area contributed by atoms with Crippen LogP contribution >= 0.6 is 0 Å². The summed E-state index contributed by atoms with van der Waals surface area (Å²) in [6.45, 7) is 15.3. The molecule has 1 rings (SSSR count). The van der Waals surface area contributed by atoms with Crippen molar-refractivity contribution in [1.82, 2.24) is 9.80 Å². The van der Waals surface area contributed by atoms with Gasteiger partial charge in [0.2, 0.25) is 0 Å². The van der Waals surface area contributed by atoms with Crippen molar-refractivity contribution in [3.05, 3.63) is 23.8 Å². The summed E-state index contributed by atoms with van der Waals surface area (Å²) in [6.07, 6.45) is 0.830. The number of carbonyl (C=O) groups is 1. The molecular formula is C21H36N2O4. The van der Waals surface area contributed by atoms with Gasteiger partial charge in [-0.05, 0) is 50.8 Å². The highest BCUT2D eigenvalue weighted by atomic mass is 16.5. The zero-order valence-corrected chi connectivity index (χ0v) is 17.6. The Labute approximate surface area is 164 Å². The topological polar surface area (TPSA) is 51.2 Å². The number of benzene rings is 1. The van der Waals surface area contributed by atoms with E-state index < -0.39 is 0 Å². The highest BCUT2D eigenvalue weighted by Crippen LogP contribution is 2.28. The molecule has 0 atom stereocenters. The van der Waals surface area contributed by atoms with Crippen LogP contribution in [0.5, 0.6) is 11.5 Å². The van der Waals surface area contributed by atoms with Crippen LogP contribution in [0.1, 0.15) is 44.5 Å². The Bertz CT molecular complexity index is 543. The molecule has 0 aromatic heterocycles. The molecule has 6 heteroatoms. The third-order valence-corrected chi connectivity index (χ3v) is 4.71. The van der Waals surface area contributed by atoms with Gasteiger partial charge in [-0.2, -0.15) is 0 Å². The van der Waals surface area contributed by atoms with Gasteiger partial charge in [0, 0.05) is 13.1 Å². The second-order valence-corrected chi connectivity index (χ2v) is 6.26. The van der Waals surface area contributed by atoms with E-state index in [2.05, 4.69) is 37.5 Å². The van der Waals surface area contributed by atoms with E-state index in [1.807, 2.05) is 0 Å². The van der Waals surface area contributed by atoms with Crippen LogP contribution in [0.15, 0.2) is 18.2 Å². The number of carbonyl (C=O) groups excluding carboxylic acids is 1. The molecule has 1 aromatic rings. The number of ether oxygens (including phenoxy) is 3. The SMILES string of the molecule is CCN(CC)CCCOC(=O)c1ccc(OCCN(CC)CC)c(OC)c1. The molecule has 0 N–H and O–H groups in total. The molecule has 1 aromatic carbocycles. The molecule has 0 bridgehead atoms. The normalized spacial score (nSPS) is 11.1. The van der Waals surface area contributed by atoms with Crippen LogP contribution < -0.4 is 9.47 Å². The lowest BCUT2D eigenvalue weighted by Crippen LogP contribution is -2.28. The summed E-state index contributed by atoms with van der Waals surface area (Å²) >= 11 is 0. The van der Waals surface area contributed by atoms with Crippen LogP contribution in [0.25, 0.3) is 0 Å². The standard InChI is InChI=1S/C21H36N2O4/c1-6-22(7-2)13-10-15-27-21(24)18-11-12-19(20(17-18)25-5)26-16-14-23(8-3)9-4/h11-12,17H,6-10,13-16H2,1-5H3. The van der Waals surface area contributed by atoms with E-state index in [0.717, 1.165) is 45.7 Å². The lowest BCUT2D eigenvalue weighted by atomic mass is 10.2. The van der Waals surface area contributed by atoms with E-state index in [9.17, 15) is 4.79 Å². The Morgan fingerprint density at radius 3 is 2.11 bits per heavy atom. The zero-order chi connectivity index (χ0) is 20.1. The van der Waals surface area contributed by atoms with Crippen molar-refractivity contribution in [2.75, 3.05) is 59.6 Å². The van der Waals surface area contributed by atoms with Crippen LogP contribution in [0.4, 0.5) is 0 Å². The highest BCUT2D eigenvalue weighted by Gasteiger charge is 2.13. The average Bonchev–Trinajstić information content (AvgIpc) is 2.71. The molecule has 154 valence electrons. The number of esters is 1. The molecule has 0 radical (unpaired) electrons. The van der Waals surface area contributed by atoms with E-state index in [1.165, 1.54) is 0 Å². The molecule has 6 nitrogen and oxygen atoms in total. The minimum atomic E-state index is -0.331. The fourth-order valence-corrected chi connectivity index (χ4v) is 2.81. The quantitative estimate of drug-likeness (QED) is 0.365. The number of methoxy groups -OCH3 is 1. The monoisotopic (exact) mass is 380 g/mol.